The van der Waals surface area contributed by atoms with Crippen molar-refractivity contribution in [3.05, 3.63) is 69.8 Å². The minimum absolute atomic E-state index is 0.0229. The Labute approximate surface area is 115 Å². The van der Waals surface area contributed by atoms with E-state index in [4.69, 9.17) is 5.11 Å². The van der Waals surface area contributed by atoms with Crippen molar-refractivity contribution in [2.45, 2.75) is 17.3 Å². The van der Waals surface area contributed by atoms with Gasteiger partial charge in [-0.3, -0.25) is 10.1 Å². The number of nitro groups is 1. The van der Waals surface area contributed by atoms with E-state index in [0.717, 1.165) is 10.5 Å². The molecule has 0 heterocycles. The molecule has 0 unspecified atom stereocenters. The van der Waals surface area contributed by atoms with Crippen molar-refractivity contribution in [1.29, 1.82) is 0 Å². The molecule has 1 N–H and O–H groups in total. The molecule has 0 atom stereocenters. The first-order chi connectivity index (χ1) is 9.20. The Bertz CT molecular complexity index is 569. The quantitative estimate of drug-likeness (QED) is 0.516. The molecule has 2 aromatic rings. The molecular formula is C14H13NO3S. The second-order valence-corrected chi connectivity index (χ2v) is 5.03. The maximum absolute atomic E-state index is 10.9. The summed E-state index contributed by atoms with van der Waals surface area (Å²) in [5, 5.41) is 19.8. The van der Waals surface area contributed by atoms with E-state index in [1.54, 1.807) is 18.2 Å². The van der Waals surface area contributed by atoms with Crippen molar-refractivity contribution < 1.29 is 10.0 Å². The van der Waals surface area contributed by atoms with Crippen molar-refractivity contribution in [3.8, 4) is 0 Å². The molecule has 5 heteroatoms. The molecular weight excluding hydrogens is 262 g/mol. The smallest absolute Gasteiger partial charge is 0.273 e. The third kappa shape index (κ3) is 3.56. The van der Waals surface area contributed by atoms with Gasteiger partial charge in [0, 0.05) is 22.3 Å². The molecule has 0 aliphatic rings. The van der Waals surface area contributed by atoms with Gasteiger partial charge in [0.2, 0.25) is 0 Å². The largest absolute Gasteiger partial charge is 0.392 e. The van der Waals surface area contributed by atoms with Gasteiger partial charge in [0.25, 0.3) is 5.69 Å². The molecule has 0 aliphatic heterocycles. The van der Waals surface area contributed by atoms with Crippen LogP contribution in [0.3, 0.4) is 0 Å². The van der Waals surface area contributed by atoms with Crippen molar-refractivity contribution >= 4 is 17.4 Å². The third-order valence-electron chi connectivity index (χ3n) is 2.69. The number of hydrogen-bond donors (Lipinski definition) is 1. The van der Waals surface area contributed by atoms with Crippen LogP contribution in [0.4, 0.5) is 5.69 Å². The van der Waals surface area contributed by atoms with Crippen LogP contribution in [0.5, 0.6) is 0 Å². The summed E-state index contributed by atoms with van der Waals surface area (Å²) in [6.45, 7) is 0.0229. The van der Waals surface area contributed by atoms with Crippen molar-refractivity contribution in [1.82, 2.24) is 0 Å². The highest BCUT2D eigenvalue weighted by atomic mass is 32.2. The van der Waals surface area contributed by atoms with E-state index in [0.29, 0.717) is 11.3 Å². The number of thioether (sulfide) groups is 1. The lowest BCUT2D eigenvalue weighted by atomic mass is 10.2. The van der Waals surface area contributed by atoms with Gasteiger partial charge in [-0.2, -0.15) is 0 Å². The Kier molecular flexibility index (Phi) is 4.54. The lowest BCUT2D eigenvalue weighted by Gasteiger charge is -2.04. The van der Waals surface area contributed by atoms with Crippen molar-refractivity contribution in [3.63, 3.8) is 0 Å². The number of benzene rings is 2. The molecule has 2 rings (SSSR count). The monoisotopic (exact) mass is 275 g/mol. The summed E-state index contributed by atoms with van der Waals surface area (Å²) in [6.07, 6.45) is 0. The number of aliphatic hydroxyl groups is 1. The molecule has 0 aromatic heterocycles. The fourth-order valence-corrected chi connectivity index (χ4v) is 2.56. The highest BCUT2D eigenvalue weighted by Crippen LogP contribution is 2.27. The third-order valence-corrected chi connectivity index (χ3v) is 3.75. The first kappa shape index (κ1) is 13.6. The van der Waals surface area contributed by atoms with Gasteiger partial charge in [-0.25, -0.2) is 0 Å². The predicted octanol–water partition coefficient (Wildman–Crippen LogP) is 3.38. The summed E-state index contributed by atoms with van der Waals surface area (Å²) in [4.78, 5) is 11.6. The standard InChI is InChI=1S/C14H13NO3S/c16-9-11-5-7-13(8-6-11)19-10-12-3-1-2-4-14(12)15(17)18/h1-8,16H,9-10H2. The van der Waals surface area contributed by atoms with Crippen molar-refractivity contribution in [2.24, 2.45) is 0 Å². The predicted molar refractivity (Wildman–Crippen MR) is 75.0 cm³/mol. The maximum atomic E-state index is 10.9. The molecule has 4 nitrogen and oxygen atoms in total. The zero-order chi connectivity index (χ0) is 13.7. The zero-order valence-corrected chi connectivity index (χ0v) is 11.0. The van der Waals surface area contributed by atoms with Crippen LogP contribution in [0.15, 0.2) is 53.4 Å². The minimum atomic E-state index is -0.356. The fourth-order valence-electron chi connectivity index (χ4n) is 1.66. The van der Waals surface area contributed by atoms with Crippen LogP contribution in [-0.2, 0) is 12.4 Å². The van der Waals surface area contributed by atoms with E-state index in [9.17, 15) is 10.1 Å². The summed E-state index contributed by atoms with van der Waals surface area (Å²) in [5.74, 6) is 0.551. The highest BCUT2D eigenvalue weighted by molar-refractivity contribution is 7.98. The van der Waals surface area contributed by atoms with Crippen molar-refractivity contribution in [2.75, 3.05) is 0 Å². The summed E-state index contributed by atoms with van der Waals surface area (Å²) in [5.41, 5.74) is 1.72. The first-order valence-electron chi connectivity index (χ1n) is 5.75. The van der Waals surface area contributed by atoms with E-state index < -0.39 is 0 Å². The van der Waals surface area contributed by atoms with Crippen LogP contribution in [0, 0.1) is 10.1 Å². The van der Waals surface area contributed by atoms with Crippen LogP contribution in [0.25, 0.3) is 0 Å². The van der Waals surface area contributed by atoms with Crippen LogP contribution in [0.2, 0.25) is 0 Å². The molecule has 0 radical (unpaired) electrons. The van der Waals surface area contributed by atoms with E-state index in [1.807, 2.05) is 24.3 Å². The Morgan fingerprint density at radius 2 is 1.79 bits per heavy atom. The lowest BCUT2D eigenvalue weighted by Crippen LogP contribution is -1.93. The number of nitrogens with zero attached hydrogens (tertiary/aromatic N) is 1. The van der Waals surface area contributed by atoms with Crippen LogP contribution >= 0.6 is 11.8 Å². The average Bonchev–Trinajstić information content (AvgIpc) is 2.46. The SMILES string of the molecule is O=[N+]([O-])c1ccccc1CSc1ccc(CO)cc1. The van der Waals surface area contributed by atoms with Gasteiger partial charge in [0.05, 0.1) is 11.5 Å². The lowest BCUT2D eigenvalue weighted by molar-refractivity contribution is -0.385. The zero-order valence-electron chi connectivity index (χ0n) is 10.2. The average molecular weight is 275 g/mol. The van der Waals surface area contributed by atoms with Gasteiger partial charge in [-0.15, -0.1) is 11.8 Å². The highest BCUT2D eigenvalue weighted by Gasteiger charge is 2.12. The molecule has 0 saturated carbocycles. The molecule has 19 heavy (non-hydrogen) atoms. The Hall–Kier alpha value is -1.85. The van der Waals surface area contributed by atoms with E-state index in [-0.39, 0.29) is 17.2 Å². The summed E-state index contributed by atoms with van der Waals surface area (Å²) >= 11 is 1.54. The summed E-state index contributed by atoms with van der Waals surface area (Å²) in [6, 6.07) is 14.3. The Morgan fingerprint density at radius 3 is 2.42 bits per heavy atom. The molecule has 0 amide bonds. The number of rotatable bonds is 5. The molecule has 0 aliphatic carbocycles. The topological polar surface area (TPSA) is 63.4 Å². The Morgan fingerprint density at radius 1 is 1.11 bits per heavy atom. The number of nitro benzene ring substituents is 1. The molecule has 0 fully saturated rings. The fraction of sp³-hybridized carbons (Fsp3) is 0.143. The van der Waals surface area contributed by atoms with Gasteiger partial charge in [-0.05, 0) is 17.7 Å². The summed E-state index contributed by atoms with van der Waals surface area (Å²) < 4.78 is 0. The van der Waals surface area contributed by atoms with Gasteiger partial charge >= 0.3 is 0 Å². The normalized spacial score (nSPS) is 10.4. The van der Waals surface area contributed by atoms with Gasteiger partial charge in [-0.1, -0.05) is 30.3 Å². The molecule has 98 valence electrons. The van der Waals surface area contributed by atoms with Gasteiger partial charge in [0.15, 0.2) is 0 Å². The molecule has 0 spiro atoms. The first-order valence-corrected chi connectivity index (χ1v) is 6.74. The van der Waals surface area contributed by atoms with Gasteiger partial charge < -0.3 is 5.11 Å². The molecule has 0 saturated heterocycles. The number of para-hydroxylation sites is 1. The van der Waals surface area contributed by atoms with E-state index in [1.165, 1.54) is 17.8 Å². The second-order valence-electron chi connectivity index (χ2n) is 3.98. The van der Waals surface area contributed by atoms with E-state index in [2.05, 4.69) is 0 Å². The summed E-state index contributed by atoms with van der Waals surface area (Å²) in [7, 11) is 0. The minimum Gasteiger partial charge on any atom is -0.392 e. The van der Waals surface area contributed by atoms with Crippen LogP contribution in [-0.4, -0.2) is 10.0 Å². The van der Waals surface area contributed by atoms with Crippen LogP contribution < -0.4 is 0 Å². The molecule has 0 bridgehead atoms. The van der Waals surface area contributed by atoms with Crippen LogP contribution in [0.1, 0.15) is 11.1 Å². The maximum Gasteiger partial charge on any atom is 0.273 e. The Balaban J connectivity index is 2.07. The number of hydrogen-bond acceptors (Lipinski definition) is 4. The van der Waals surface area contributed by atoms with Gasteiger partial charge in [0.1, 0.15) is 0 Å². The molecule has 2 aromatic carbocycles. The van der Waals surface area contributed by atoms with E-state index >= 15 is 0 Å². The second kappa shape index (κ2) is 6.36. The number of aliphatic hydroxyl groups excluding tert-OH is 1.